The zero-order valence-corrected chi connectivity index (χ0v) is 16.3. The number of aromatic nitrogens is 1. The van der Waals surface area contributed by atoms with Crippen molar-refractivity contribution in [2.45, 2.75) is 57.4 Å². The summed E-state index contributed by atoms with van der Waals surface area (Å²) < 4.78 is 0. The van der Waals surface area contributed by atoms with Crippen LogP contribution in [0.2, 0.25) is 0 Å². The van der Waals surface area contributed by atoms with Crippen molar-refractivity contribution in [2.75, 3.05) is 6.54 Å². The Morgan fingerprint density at radius 2 is 1.54 bits per heavy atom. The number of nitrogens with one attached hydrogen (secondary N) is 2. The molecule has 5 nitrogen and oxygen atoms in total. The molecule has 0 aliphatic heterocycles. The molecular formula is C23H29N3O2. The van der Waals surface area contributed by atoms with E-state index in [1.807, 2.05) is 18.2 Å². The number of hydrogen-bond acceptors (Lipinski definition) is 3. The molecule has 1 fully saturated rings. The number of carbonyl (C=O) groups excluding carboxylic acids is 2. The van der Waals surface area contributed by atoms with Crippen LogP contribution in [0.1, 0.15) is 71.5 Å². The van der Waals surface area contributed by atoms with Crippen molar-refractivity contribution in [1.29, 1.82) is 0 Å². The second-order valence-electron chi connectivity index (χ2n) is 7.42. The fraction of sp³-hybridized carbons (Fsp3) is 0.435. The van der Waals surface area contributed by atoms with Crippen LogP contribution >= 0.6 is 0 Å². The molecule has 1 aromatic heterocycles. The van der Waals surface area contributed by atoms with Crippen LogP contribution < -0.4 is 10.6 Å². The third kappa shape index (κ3) is 6.19. The molecule has 2 aromatic rings. The Morgan fingerprint density at radius 3 is 2.25 bits per heavy atom. The minimum atomic E-state index is -0.239. The van der Waals surface area contributed by atoms with Crippen molar-refractivity contribution >= 4 is 11.8 Å². The quantitative estimate of drug-likeness (QED) is 0.566. The summed E-state index contributed by atoms with van der Waals surface area (Å²) in [6, 6.07) is 15.4. The number of hydrogen-bond donors (Lipinski definition) is 2. The van der Waals surface area contributed by atoms with Gasteiger partial charge in [0, 0.05) is 12.6 Å². The standard InChI is InChI=1S/C23H29N3O2/c27-22(24-17-9-12-18-10-4-3-5-11-18)20-15-8-16-21(26-20)23(28)25-19-13-6-1-2-7-14-19/h3-5,8,10-11,15-16,19H,1-2,6-7,9,12-14,17H2,(H,24,27)(H,25,28). The van der Waals surface area contributed by atoms with E-state index in [-0.39, 0.29) is 23.6 Å². The van der Waals surface area contributed by atoms with E-state index in [9.17, 15) is 9.59 Å². The molecule has 0 bridgehead atoms. The van der Waals surface area contributed by atoms with Gasteiger partial charge in [-0.2, -0.15) is 0 Å². The van der Waals surface area contributed by atoms with Gasteiger partial charge in [0.15, 0.2) is 0 Å². The summed E-state index contributed by atoms with van der Waals surface area (Å²) in [7, 11) is 0. The van der Waals surface area contributed by atoms with E-state index >= 15 is 0 Å². The molecule has 0 saturated heterocycles. The highest BCUT2D eigenvalue weighted by atomic mass is 16.2. The smallest absolute Gasteiger partial charge is 0.270 e. The maximum atomic E-state index is 12.5. The zero-order chi connectivity index (χ0) is 19.6. The zero-order valence-electron chi connectivity index (χ0n) is 16.3. The van der Waals surface area contributed by atoms with Crippen molar-refractivity contribution < 1.29 is 9.59 Å². The fourth-order valence-electron chi connectivity index (χ4n) is 3.60. The molecular weight excluding hydrogens is 350 g/mol. The van der Waals surface area contributed by atoms with Gasteiger partial charge in [0.05, 0.1) is 0 Å². The van der Waals surface area contributed by atoms with Gasteiger partial charge in [0.1, 0.15) is 11.4 Å². The first-order valence-electron chi connectivity index (χ1n) is 10.3. The summed E-state index contributed by atoms with van der Waals surface area (Å²) in [5, 5.41) is 5.97. The number of nitrogens with zero attached hydrogens (tertiary/aromatic N) is 1. The lowest BCUT2D eigenvalue weighted by Crippen LogP contribution is -2.35. The number of benzene rings is 1. The Bertz CT molecular complexity index is 768. The van der Waals surface area contributed by atoms with E-state index in [0.29, 0.717) is 12.2 Å². The Balaban J connectivity index is 1.48. The third-order valence-electron chi connectivity index (χ3n) is 5.18. The van der Waals surface area contributed by atoms with E-state index in [4.69, 9.17) is 0 Å². The summed E-state index contributed by atoms with van der Waals surface area (Å²) in [5.74, 6) is -0.428. The van der Waals surface area contributed by atoms with Gasteiger partial charge in [-0.3, -0.25) is 9.59 Å². The minimum Gasteiger partial charge on any atom is -0.351 e. The second kappa shape index (κ2) is 10.6. The van der Waals surface area contributed by atoms with Gasteiger partial charge in [0.2, 0.25) is 0 Å². The van der Waals surface area contributed by atoms with Crippen molar-refractivity contribution in [3.05, 3.63) is 65.5 Å². The van der Waals surface area contributed by atoms with Crippen molar-refractivity contribution in [2.24, 2.45) is 0 Å². The van der Waals surface area contributed by atoms with Gasteiger partial charge in [0.25, 0.3) is 11.8 Å². The fourth-order valence-corrected chi connectivity index (χ4v) is 3.60. The molecule has 5 heteroatoms. The molecule has 148 valence electrons. The normalized spacial score (nSPS) is 14.9. The SMILES string of the molecule is O=C(NCCCc1ccccc1)c1cccc(C(=O)NC2CCCCCC2)n1. The maximum absolute atomic E-state index is 12.5. The van der Waals surface area contributed by atoms with Crippen LogP contribution in [-0.2, 0) is 6.42 Å². The molecule has 0 radical (unpaired) electrons. The summed E-state index contributed by atoms with van der Waals surface area (Å²) in [6.07, 6.45) is 8.61. The third-order valence-corrected chi connectivity index (χ3v) is 5.18. The van der Waals surface area contributed by atoms with E-state index in [1.54, 1.807) is 18.2 Å². The molecule has 1 saturated carbocycles. The molecule has 1 aromatic carbocycles. The molecule has 0 atom stereocenters. The van der Waals surface area contributed by atoms with Crippen molar-refractivity contribution in [3.8, 4) is 0 Å². The van der Waals surface area contributed by atoms with Gasteiger partial charge < -0.3 is 10.6 Å². The second-order valence-corrected chi connectivity index (χ2v) is 7.42. The largest absolute Gasteiger partial charge is 0.351 e. The molecule has 28 heavy (non-hydrogen) atoms. The summed E-state index contributed by atoms with van der Waals surface area (Å²) in [5.41, 5.74) is 1.85. The Morgan fingerprint density at radius 1 is 0.857 bits per heavy atom. The summed E-state index contributed by atoms with van der Waals surface area (Å²) >= 11 is 0. The molecule has 2 N–H and O–H groups in total. The lowest BCUT2D eigenvalue weighted by Gasteiger charge is -2.16. The Kier molecular flexibility index (Phi) is 7.59. The lowest BCUT2D eigenvalue weighted by atomic mass is 10.1. The number of aryl methyl sites for hydroxylation is 1. The number of amides is 2. The van der Waals surface area contributed by atoms with E-state index in [0.717, 1.165) is 38.5 Å². The molecule has 1 aliphatic rings. The van der Waals surface area contributed by atoms with Gasteiger partial charge in [-0.15, -0.1) is 0 Å². The van der Waals surface area contributed by atoms with Crippen LogP contribution in [0.5, 0.6) is 0 Å². The van der Waals surface area contributed by atoms with Gasteiger partial charge >= 0.3 is 0 Å². The monoisotopic (exact) mass is 379 g/mol. The van der Waals surface area contributed by atoms with E-state index in [1.165, 1.54) is 18.4 Å². The summed E-state index contributed by atoms with van der Waals surface area (Å²) in [6.45, 7) is 0.577. The molecule has 0 unspecified atom stereocenters. The van der Waals surface area contributed by atoms with Crippen LogP contribution in [0.15, 0.2) is 48.5 Å². The molecule has 1 heterocycles. The Hall–Kier alpha value is -2.69. The average molecular weight is 380 g/mol. The number of pyridine rings is 1. The molecule has 3 rings (SSSR count). The first-order valence-corrected chi connectivity index (χ1v) is 10.3. The van der Waals surface area contributed by atoms with Crippen molar-refractivity contribution in [3.63, 3.8) is 0 Å². The van der Waals surface area contributed by atoms with E-state index in [2.05, 4.69) is 27.8 Å². The van der Waals surface area contributed by atoms with Crippen LogP contribution in [-0.4, -0.2) is 29.4 Å². The van der Waals surface area contributed by atoms with Crippen LogP contribution in [0.4, 0.5) is 0 Å². The Labute approximate surface area is 167 Å². The predicted octanol–water partition coefficient (Wildman–Crippen LogP) is 3.90. The highest BCUT2D eigenvalue weighted by Crippen LogP contribution is 2.17. The first kappa shape index (κ1) is 20.1. The minimum absolute atomic E-state index is 0.189. The molecule has 0 spiro atoms. The highest BCUT2D eigenvalue weighted by Gasteiger charge is 2.17. The maximum Gasteiger partial charge on any atom is 0.270 e. The highest BCUT2D eigenvalue weighted by molar-refractivity contribution is 5.96. The topological polar surface area (TPSA) is 71.1 Å². The van der Waals surface area contributed by atoms with Gasteiger partial charge in [-0.25, -0.2) is 4.98 Å². The van der Waals surface area contributed by atoms with Crippen molar-refractivity contribution in [1.82, 2.24) is 15.6 Å². The average Bonchev–Trinajstić information content (AvgIpc) is 3.00. The molecule has 2 amide bonds. The van der Waals surface area contributed by atoms with E-state index < -0.39 is 0 Å². The number of rotatable bonds is 7. The predicted molar refractivity (Wildman–Crippen MR) is 110 cm³/mol. The number of carbonyl (C=O) groups is 2. The molecule has 1 aliphatic carbocycles. The first-order chi connectivity index (χ1) is 13.7. The van der Waals surface area contributed by atoms with Gasteiger partial charge in [-0.05, 0) is 43.4 Å². The lowest BCUT2D eigenvalue weighted by molar-refractivity contribution is 0.0927. The van der Waals surface area contributed by atoms with Crippen LogP contribution in [0.3, 0.4) is 0 Å². The van der Waals surface area contributed by atoms with Crippen LogP contribution in [0, 0.1) is 0 Å². The van der Waals surface area contributed by atoms with Gasteiger partial charge in [-0.1, -0.05) is 62.1 Å². The van der Waals surface area contributed by atoms with Crippen LogP contribution in [0.25, 0.3) is 0 Å². The summed E-state index contributed by atoms with van der Waals surface area (Å²) in [4.78, 5) is 29.1.